The van der Waals surface area contributed by atoms with Crippen molar-refractivity contribution in [3.63, 3.8) is 0 Å². The van der Waals surface area contributed by atoms with Crippen molar-refractivity contribution in [3.8, 4) is 0 Å². The molecule has 0 aromatic rings. The first-order valence-electron chi connectivity index (χ1n) is 9.54. The SMILES string of the molecule is CC1CN(C)C(C)CC1NC1CCCN(C(=O)OC(C)(C)C)C1C. The molecule has 5 unspecified atom stereocenters. The van der Waals surface area contributed by atoms with Gasteiger partial charge in [-0.2, -0.15) is 0 Å². The van der Waals surface area contributed by atoms with E-state index in [9.17, 15) is 4.79 Å². The molecule has 0 aromatic heterocycles. The molecule has 0 radical (unpaired) electrons. The van der Waals surface area contributed by atoms with E-state index in [2.05, 4.69) is 38.0 Å². The molecule has 0 bridgehead atoms. The molecular weight excluding hydrogens is 302 g/mol. The van der Waals surface area contributed by atoms with E-state index in [0.717, 1.165) is 25.9 Å². The van der Waals surface area contributed by atoms with E-state index in [0.29, 0.717) is 24.0 Å². The van der Waals surface area contributed by atoms with Crippen LogP contribution >= 0.6 is 0 Å². The fraction of sp³-hybridized carbons (Fsp3) is 0.947. The number of nitrogens with zero attached hydrogens (tertiary/aromatic N) is 2. The van der Waals surface area contributed by atoms with Crippen LogP contribution in [0.1, 0.15) is 60.8 Å². The second kappa shape index (κ2) is 7.61. The van der Waals surface area contributed by atoms with E-state index in [1.54, 1.807) is 0 Å². The largest absolute Gasteiger partial charge is 0.444 e. The Labute approximate surface area is 148 Å². The number of piperidine rings is 2. The summed E-state index contributed by atoms with van der Waals surface area (Å²) in [6, 6.07) is 1.67. The molecule has 0 aliphatic carbocycles. The van der Waals surface area contributed by atoms with Crippen LogP contribution in [0, 0.1) is 5.92 Å². The molecule has 2 aliphatic rings. The summed E-state index contributed by atoms with van der Waals surface area (Å²) in [5.41, 5.74) is -0.435. The first-order chi connectivity index (χ1) is 11.1. The van der Waals surface area contributed by atoms with Gasteiger partial charge in [-0.15, -0.1) is 0 Å². The number of hydrogen-bond donors (Lipinski definition) is 1. The van der Waals surface area contributed by atoms with Gasteiger partial charge in [0.1, 0.15) is 5.60 Å². The van der Waals surface area contributed by atoms with Crippen LogP contribution in [-0.4, -0.2) is 65.8 Å². The number of nitrogens with one attached hydrogen (secondary N) is 1. The highest BCUT2D eigenvalue weighted by atomic mass is 16.6. The Morgan fingerprint density at radius 1 is 1.17 bits per heavy atom. The molecule has 1 amide bonds. The summed E-state index contributed by atoms with van der Waals surface area (Å²) in [7, 11) is 2.21. The maximum absolute atomic E-state index is 12.5. The fourth-order valence-corrected chi connectivity index (χ4v) is 3.99. The third-order valence-corrected chi connectivity index (χ3v) is 5.65. The summed E-state index contributed by atoms with van der Waals surface area (Å²) in [5.74, 6) is 0.635. The van der Waals surface area contributed by atoms with Crippen molar-refractivity contribution in [2.45, 2.75) is 90.6 Å². The number of rotatable bonds is 2. The molecule has 0 spiro atoms. The van der Waals surface area contributed by atoms with Crippen molar-refractivity contribution in [1.82, 2.24) is 15.1 Å². The van der Waals surface area contributed by atoms with Crippen LogP contribution in [0.3, 0.4) is 0 Å². The summed E-state index contributed by atoms with van der Waals surface area (Å²) in [6.07, 6.45) is 3.17. The van der Waals surface area contributed by atoms with Crippen LogP contribution in [0.4, 0.5) is 4.79 Å². The van der Waals surface area contributed by atoms with Crippen LogP contribution in [0.2, 0.25) is 0 Å². The van der Waals surface area contributed by atoms with Crippen molar-refractivity contribution in [3.05, 3.63) is 0 Å². The topological polar surface area (TPSA) is 44.8 Å². The van der Waals surface area contributed by atoms with Gasteiger partial charge in [0.05, 0.1) is 0 Å². The van der Waals surface area contributed by atoms with Crippen LogP contribution in [0.5, 0.6) is 0 Å². The highest BCUT2D eigenvalue weighted by molar-refractivity contribution is 5.68. The van der Waals surface area contributed by atoms with Crippen molar-refractivity contribution >= 4 is 6.09 Å². The molecule has 1 N–H and O–H groups in total. The van der Waals surface area contributed by atoms with Gasteiger partial charge >= 0.3 is 6.09 Å². The lowest BCUT2D eigenvalue weighted by atomic mass is 9.87. The first kappa shape index (κ1) is 19.5. The Bertz CT molecular complexity index is 435. The molecule has 2 rings (SSSR count). The average Bonchev–Trinajstić information content (AvgIpc) is 2.44. The summed E-state index contributed by atoms with van der Waals surface area (Å²) in [4.78, 5) is 16.8. The lowest BCUT2D eigenvalue weighted by molar-refractivity contribution is 0.00417. The number of carbonyl (C=O) groups is 1. The number of hydrogen-bond acceptors (Lipinski definition) is 4. The molecule has 5 heteroatoms. The molecule has 140 valence electrons. The molecule has 0 saturated carbocycles. The van der Waals surface area contributed by atoms with Crippen molar-refractivity contribution < 1.29 is 9.53 Å². The molecule has 24 heavy (non-hydrogen) atoms. The zero-order valence-corrected chi connectivity index (χ0v) is 16.6. The molecule has 5 nitrogen and oxygen atoms in total. The lowest BCUT2D eigenvalue weighted by Gasteiger charge is -2.45. The Balaban J connectivity index is 1.97. The number of ether oxygens (including phenoxy) is 1. The zero-order valence-electron chi connectivity index (χ0n) is 16.6. The number of carbonyl (C=O) groups excluding carboxylic acids is 1. The van der Waals surface area contributed by atoms with Gasteiger partial charge in [0.2, 0.25) is 0 Å². The summed E-state index contributed by atoms with van der Waals surface area (Å²) >= 11 is 0. The minimum Gasteiger partial charge on any atom is -0.444 e. The van der Waals surface area contributed by atoms with Crippen LogP contribution in [-0.2, 0) is 4.74 Å². The third kappa shape index (κ3) is 4.85. The highest BCUT2D eigenvalue weighted by Gasteiger charge is 2.37. The van der Waals surface area contributed by atoms with Gasteiger partial charge in [-0.3, -0.25) is 0 Å². The van der Waals surface area contributed by atoms with E-state index >= 15 is 0 Å². The van der Waals surface area contributed by atoms with Gasteiger partial charge in [-0.25, -0.2) is 4.79 Å². The predicted molar refractivity (Wildman–Crippen MR) is 98.2 cm³/mol. The average molecular weight is 340 g/mol. The predicted octanol–water partition coefficient (Wildman–Crippen LogP) is 3.09. The van der Waals surface area contributed by atoms with Gasteiger partial charge in [-0.1, -0.05) is 6.92 Å². The first-order valence-corrected chi connectivity index (χ1v) is 9.54. The van der Waals surface area contributed by atoms with Crippen molar-refractivity contribution in [2.24, 2.45) is 5.92 Å². The van der Waals surface area contributed by atoms with Gasteiger partial charge in [-0.05, 0) is 66.8 Å². The molecule has 5 atom stereocenters. The van der Waals surface area contributed by atoms with Crippen LogP contribution in [0.15, 0.2) is 0 Å². The second-order valence-electron chi connectivity index (χ2n) is 8.94. The number of amides is 1. The minimum atomic E-state index is -0.435. The third-order valence-electron chi connectivity index (χ3n) is 5.65. The van der Waals surface area contributed by atoms with Gasteiger partial charge in [0.15, 0.2) is 0 Å². The Kier molecular flexibility index (Phi) is 6.19. The van der Waals surface area contributed by atoms with Gasteiger partial charge < -0.3 is 19.9 Å². The minimum absolute atomic E-state index is 0.175. The van der Waals surface area contributed by atoms with Crippen molar-refractivity contribution in [1.29, 1.82) is 0 Å². The maximum Gasteiger partial charge on any atom is 0.410 e. The van der Waals surface area contributed by atoms with E-state index in [1.807, 2.05) is 25.7 Å². The van der Waals surface area contributed by atoms with E-state index < -0.39 is 5.60 Å². The Morgan fingerprint density at radius 2 is 1.83 bits per heavy atom. The molecular formula is C19H37N3O2. The van der Waals surface area contributed by atoms with Crippen molar-refractivity contribution in [2.75, 3.05) is 20.1 Å². The lowest BCUT2D eigenvalue weighted by Crippen LogP contribution is -2.60. The molecule has 2 fully saturated rings. The molecule has 0 aromatic carbocycles. The normalized spacial score (nSPS) is 35.8. The second-order valence-corrected chi connectivity index (χ2v) is 8.94. The highest BCUT2D eigenvalue weighted by Crippen LogP contribution is 2.25. The number of likely N-dealkylation sites (tertiary alicyclic amines) is 2. The monoisotopic (exact) mass is 339 g/mol. The molecule has 2 heterocycles. The van der Waals surface area contributed by atoms with E-state index in [-0.39, 0.29) is 12.1 Å². The van der Waals surface area contributed by atoms with E-state index in [4.69, 9.17) is 4.74 Å². The zero-order chi connectivity index (χ0) is 18.1. The molecule has 2 aliphatic heterocycles. The quantitative estimate of drug-likeness (QED) is 0.840. The Morgan fingerprint density at radius 3 is 2.46 bits per heavy atom. The smallest absolute Gasteiger partial charge is 0.410 e. The summed E-state index contributed by atoms with van der Waals surface area (Å²) < 4.78 is 5.59. The summed E-state index contributed by atoms with van der Waals surface area (Å²) in [5, 5.41) is 3.88. The van der Waals surface area contributed by atoms with Gasteiger partial charge in [0.25, 0.3) is 0 Å². The van der Waals surface area contributed by atoms with E-state index in [1.165, 1.54) is 6.42 Å². The standard InChI is InChI=1S/C19H37N3O2/c1-13-12-21(7)14(2)11-17(13)20-16-9-8-10-22(15(16)3)18(23)24-19(4,5)6/h13-17,20H,8-12H2,1-7H3. The molecule has 2 saturated heterocycles. The maximum atomic E-state index is 12.5. The van der Waals surface area contributed by atoms with Crippen LogP contribution < -0.4 is 5.32 Å². The fourth-order valence-electron chi connectivity index (χ4n) is 3.99. The van der Waals surface area contributed by atoms with Crippen LogP contribution in [0.25, 0.3) is 0 Å². The Hall–Kier alpha value is -0.810. The van der Waals surface area contributed by atoms with Gasteiger partial charge in [0, 0.05) is 37.3 Å². The summed E-state index contributed by atoms with van der Waals surface area (Å²) in [6.45, 7) is 14.5.